The number of ether oxygens (including phenoxy) is 1. The molecule has 0 radical (unpaired) electrons. The first-order chi connectivity index (χ1) is 17.2. The predicted molar refractivity (Wildman–Crippen MR) is 150 cm³/mol. The van der Waals surface area contributed by atoms with Crippen LogP contribution in [0.1, 0.15) is 90.2 Å². The van der Waals surface area contributed by atoms with Gasteiger partial charge in [-0.2, -0.15) is 0 Å². The number of carbonyl (C=O) groups is 1. The molecule has 1 aromatic rings. The standard InChI is InChI=1S/C32H46O4/c1-25(2)10-9-11-26(3)14-19-30(33)13-6-8-21-32(4)20-7-5-12-29(32)22-27-15-17-28(18-16-27)23-36-24-31(34)35/h6,8,10,13,15-18,21-22,26,30,33H,5,7,9,11-12,14,19-20,23-24H2,1-4H3,(H,34,35)/t26-,30-,32-/m0/s1. The molecule has 4 heteroatoms. The van der Waals surface area contributed by atoms with Crippen LogP contribution < -0.4 is 0 Å². The molecule has 1 saturated carbocycles. The Labute approximate surface area is 218 Å². The topological polar surface area (TPSA) is 66.8 Å². The molecule has 0 saturated heterocycles. The Balaban J connectivity index is 1.90. The quantitative estimate of drug-likeness (QED) is 0.204. The molecule has 0 aliphatic heterocycles. The fourth-order valence-electron chi connectivity index (χ4n) is 4.66. The zero-order valence-corrected chi connectivity index (χ0v) is 22.7. The molecule has 2 N–H and O–H groups in total. The number of rotatable bonds is 14. The van der Waals surface area contributed by atoms with E-state index >= 15 is 0 Å². The zero-order valence-electron chi connectivity index (χ0n) is 22.7. The minimum atomic E-state index is -0.953. The first kappa shape index (κ1) is 29.8. The second-order valence-electron chi connectivity index (χ2n) is 10.8. The van der Waals surface area contributed by atoms with Crippen molar-refractivity contribution >= 4 is 12.0 Å². The van der Waals surface area contributed by atoms with E-state index in [2.05, 4.69) is 64.1 Å². The van der Waals surface area contributed by atoms with Gasteiger partial charge in [-0.15, -0.1) is 0 Å². The molecule has 4 nitrogen and oxygen atoms in total. The minimum absolute atomic E-state index is 0.0102. The number of aliphatic hydroxyl groups excluding tert-OH is 1. The second kappa shape index (κ2) is 15.6. The molecule has 1 fully saturated rings. The molecule has 0 heterocycles. The molecule has 36 heavy (non-hydrogen) atoms. The number of carboxylic acids is 1. The van der Waals surface area contributed by atoms with Crippen LogP contribution in [0.15, 0.2) is 65.8 Å². The van der Waals surface area contributed by atoms with Gasteiger partial charge in [-0.3, -0.25) is 0 Å². The highest BCUT2D eigenvalue weighted by Gasteiger charge is 2.28. The molecule has 198 valence electrons. The van der Waals surface area contributed by atoms with Crippen LogP contribution in [0.2, 0.25) is 0 Å². The maximum atomic E-state index is 10.6. The molecule has 0 unspecified atom stereocenters. The number of benzene rings is 1. The lowest BCUT2D eigenvalue weighted by atomic mass is 9.71. The van der Waals surface area contributed by atoms with Crippen molar-refractivity contribution in [2.45, 2.75) is 91.8 Å². The van der Waals surface area contributed by atoms with Crippen molar-refractivity contribution in [3.8, 4) is 0 Å². The predicted octanol–water partition coefficient (Wildman–Crippen LogP) is 7.89. The number of allylic oxidation sites excluding steroid dienone is 6. The molecule has 3 atom stereocenters. The van der Waals surface area contributed by atoms with Crippen LogP contribution in [0.4, 0.5) is 0 Å². The van der Waals surface area contributed by atoms with Gasteiger partial charge in [-0.1, -0.05) is 92.1 Å². The minimum Gasteiger partial charge on any atom is -0.480 e. The van der Waals surface area contributed by atoms with Crippen LogP contribution in [-0.4, -0.2) is 28.9 Å². The number of aliphatic hydroxyl groups is 1. The third kappa shape index (κ3) is 11.5. The second-order valence-corrected chi connectivity index (χ2v) is 10.8. The Morgan fingerprint density at radius 2 is 1.86 bits per heavy atom. The van der Waals surface area contributed by atoms with Crippen molar-refractivity contribution in [2.24, 2.45) is 11.3 Å². The highest BCUT2D eigenvalue weighted by molar-refractivity contribution is 5.68. The lowest BCUT2D eigenvalue weighted by molar-refractivity contribution is -0.142. The fourth-order valence-corrected chi connectivity index (χ4v) is 4.66. The summed E-state index contributed by atoms with van der Waals surface area (Å²) in [6.07, 6.45) is 21.3. The van der Waals surface area contributed by atoms with E-state index in [0.29, 0.717) is 12.5 Å². The summed E-state index contributed by atoms with van der Waals surface area (Å²) in [6.45, 7) is 8.88. The van der Waals surface area contributed by atoms with Crippen LogP contribution in [0.25, 0.3) is 6.08 Å². The van der Waals surface area contributed by atoms with Gasteiger partial charge < -0.3 is 14.9 Å². The van der Waals surface area contributed by atoms with E-state index in [9.17, 15) is 9.90 Å². The summed E-state index contributed by atoms with van der Waals surface area (Å²) in [4.78, 5) is 10.6. The third-order valence-electron chi connectivity index (χ3n) is 7.02. The molecule has 1 aromatic carbocycles. The van der Waals surface area contributed by atoms with Crippen molar-refractivity contribution in [1.29, 1.82) is 0 Å². The Kier molecular flexibility index (Phi) is 12.9. The largest absolute Gasteiger partial charge is 0.480 e. The van der Waals surface area contributed by atoms with Crippen LogP contribution in [0, 0.1) is 11.3 Å². The summed E-state index contributed by atoms with van der Waals surface area (Å²) in [5.74, 6) is -0.329. The molecule has 1 aliphatic carbocycles. The van der Waals surface area contributed by atoms with Gasteiger partial charge in [-0.05, 0) is 75.8 Å². The summed E-state index contributed by atoms with van der Waals surface area (Å²) in [5.41, 5.74) is 4.93. The average Bonchev–Trinajstić information content (AvgIpc) is 2.83. The van der Waals surface area contributed by atoms with Gasteiger partial charge in [0.1, 0.15) is 6.61 Å². The Morgan fingerprint density at radius 3 is 2.56 bits per heavy atom. The SMILES string of the molecule is CC(C)=CCC[C@H](C)CC[C@@H](O)C=CC=C[C@]1(C)CCCCC1=Cc1ccc(COCC(=O)O)cc1. The Bertz CT molecular complexity index is 918. The van der Waals surface area contributed by atoms with E-state index in [-0.39, 0.29) is 12.0 Å². The highest BCUT2D eigenvalue weighted by Crippen LogP contribution is 2.42. The van der Waals surface area contributed by atoms with E-state index in [1.807, 2.05) is 24.3 Å². The van der Waals surface area contributed by atoms with Crippen LogP contribution in [0.5, 0.6) is 0 Å². The normalized spacial score (nSPS) is 21.2. The van der Waals surface area contributed by atoms with Crippen LogP contribution >= 0.6 is 0 Å². The monoisotopic (exact) mass is 494 g/mol. The Hall–Kier alpha value is -2.43. The van der Waals surface area contributed by atoms with Gasteiger partial charge in [0.2, 0.25) is 0 Å². The van der Waals surface area contributed by atoms with Gasteiger partial charge in [0, 0.05) is 5.41 Å². The number of aliphatic carboxylic acids is 1. The molecular formula is C32H46O4. The average molecular weight is 495 g/mol. The summed E-state index contributed by atoms with van der Waals surface area (Å²) in [6, 6.07) is 8.14. The fraction of sp³-hybridized carbons (Fsp3) is 0.531. The van der Waals surface area contributed by atoms with E-state index in [1.54, 1.807) is 0 Å². The van der Waals surface area contributed by atoms with E-state index in [0.717, 1.165) is 43.2 Å². The third-order valence-corrected chi connectivity index (χ3v) is 7.02. The first-order valence-corrected chi connectivity index (χ1v) is 13.4. The van der Waals surface area contributed by atoms with Crippen molar-refractivity contribution in [1.82, 2.24) is 0 Å². The molecule has 0 aromatic heterocycles. The summed E-state index contributed by atoms with van der Waals surface area (Å²) in [5, 5.41) is 19.1. The first-order valence-electron chi connectivity index (χ1n) is 13.4. The van der Waals surface area contributed by atoms with Crippen molar-refractivity contribution in [2.75, 3.05) is 6.61 Å². The molecular weight excluding hydrogens is 448 g/mol. The number of hydrogen-bond acceptors (Lipinski definition) is 3. The molecule has 0 bridgehead atoms. The van der Waals surface area contributed by atoms with Gasteiger partial charge >= 0.3 is 5.97 Å². The maximum Gasteiger partial charge on any atom is 0.329 e. The lowest BCUT2D eigenvalue weighted by Gasteiger charge is -2.34. The van der Waals surface area contributed by atoms with Crippen molar-refractivity contribution in [3.63, 3.8) is 0 Å². The van der Waals surface area contributed by atoms with Crippen molar-refractivity contribution < 1.29 is 19.7 Å². The number of hydrogen-bond donors (Lipinski definition) is 2. The zero-order chi connectivity index (χ0) is 26.4. The molecule has 2 rings (SSSR count). The smallest absolute Gasteiger partial charge is 0.329 e. The molecule has 0 spiro atoms. The van der Waals surface area contributed by atoms with E-state index < -0.39 is 12.1 Å². The molecule has 0 amide bonds. The van der Waals surface area contributed by atoms with Crippen LogP contribution in [0.3, 0.4) is 0 Å². The van der Waals surface area contributed by atoms with Gasteiger partial charge in [0.25, 0.3) is 0 Å². The van der Waals surface area contributed by atoms with E-state index in [4.69, 9.17) is 9.84 Å². The van der Waals surface area contributed by atoms with Crippen LogP contribution in [-0.2, 0) is 16.1 Å². The van der Waals surface area contributed by atoms with Gasteiger partial charge in [-0.25, -0.2) is 4.79 Å². The summed E-state index contributed by atoms with van der Waals surface area (Å²) >= 11 is 0. The van der Waals surface area contributed by atoms with Gasteiger partial charge in [0.15, 0.2) is 0 Å². The molecule has 1 aliphatic rings. The van der Waals surface area contributed by atoms with Crippen molar-refractivity contribution in [3.05, 3.63) is 76.9 Å². The highest BCUT2D eigenvalue weighted by atomic mass is 16.5. The lowest BCUT2D eigenvalue weighted by Crippen LogP contribution is -2.20. The summed E-state index contributed by atoms with van der Waals surface area (Å²) < 4.78 is 5.18. The number of carboxylic acid groups (broad SMARTS) is 1. The van der Waals surface area contributed by atoms with E-state index in [1.165, 1.54) is 30.4 Å². The Morgan fingerprint density at radius 1 is 1.11 bits per heavy atom. The van der Waals surface area contributed by atoms with Gasteiger partial charge in [0.05, 0.1) is 12.7 Å². The summed E-state index contributed by atoms with van der Waals surface area (Å²) in [7, 11) is 0. The maximum absolute atomic E-state index is 10.6.